The molecule has 4 atom stereocenters. The zero-order chi connectivity index (χ0) is 12.0. The number of carbonyl (C=O) groups is 2. The SMILES string of the molecule is C[Si]O[C@H](C=O)[C@@H](O)[C@H](O)[C@H](O)C(=O)[O-].[Na+]. The molecule has 0 aromatic heterocycles. The maximum atomic E-state index is 10.4. The normalized spacial score (nSPS) is 17.8. The maximum absolute atomic E-state index is 10.4. The van der Waals surface area contributed by atoms with Crippen LogP contribution in [0.4, 0.5) is 0 Å². The summed E-state index contributed by atoms with van der Waals surface area (Å²) in [7, 11) is -0.129. The van der Waals surface area contributed by atoms with E-state index in [0.717, 1.165) is 0 Å². The van der Waals surface area contributed by atoms with Gasteiger partial charge in [-0.05, 0) is 6.55 Å². The van der Waals surface area contributed by atoms with Gasteiger partial charge in [-0.15, -0.1) is 0 Å². The monoisotopic (exact) mass is 258 g/mol. The number of aliphatic hydroxyl groups excluding tert-OH is 3. The third kappa shape index (κ3) is 5.50. The fourth-order valence-electron chi connectivity index (χ4n) is 0.835. The number of aliphatic hydroxyl groups is 3. The number of aldehydes is 1. The van der Waals surface area contributed by atoms with Gasteiger partial charge < -0.3 is 34.4 Å². The Balaban J connectivity index is 0. The van der Waals surface area contributed by atoms with E-state index in [9.17, 15) is 19.8 Å². The third-order valence-electron chi connectivity index (χ3n) is 1.64. The first kappa shape index (κ1) is 18.6. The van der Waals surface area contributed by atoms with E-state index in [1.54, 1.807) is 6.55 Å². The van der Waals surface area contributed by atoms with Crippen LogP contribution in [-0.2, 0) is 14.0 Å². The minimum Gasteiger partial charge on any atom is -0.547 e. The van der Waals surface area contributed by atoms with Crippen LogP contribution < -0.4 is 34.7 Å². The second-order valence-electron chi connectivity index (χ2n) is 2.67. The van der Waals surface area contributed by atoms with Crippen molar-refractivity contribution >= 4 is 22.0 Å². The molecule has 0 aromatic rings. The molecule has 2 radical (unpaired) electrons. The minimum absolute atomic E-state index is 0. The summed E-state index contributed by atoms with van der Waals surface area (Å²) < 4.78 is 4.73. The Kier molecular flexibility index (Phi) is 10.7. The van der Waals surface area contributed by atoms with Gasteiger partial charge in [-0.2, -0.15) is 0 Å². The number of rotatable bonds is 7. The summed E-state index contributed by atoms with van der Waals surface area (Å²) in [6.07, 6.45) is -7.29. The van der Waals surface area contributed by atoms with E-state index in [1.165, 1.54) is 0 Å². The molecule has 9 heteroatoms. The molecule has 0 saturated heterocycles. The number of carboxylic acids is 1. The molecule has 0 unspecified atom stereocenters. The predicted octanol–water partition coefficient (Wildman–Crippen LogP) is -6.93. The molecule has 0 aliphatic rings. The molecule has 0 bridgehead atoms. The third-order valence-corrected chi connectivity index (χ3v) is 2.15. The van der Waals surface area contributed by atoms with Crippen LogP contribution in [-0.4, -0.2) is 61.8 Å². The van der Waals surface area contributed by atoms with Crippen molar-refractivity contribution in [1.82, 2.24) is 0 Å². The predicted molar refractivity (Wildman–Crippen MR) is 45.6 cm³/mol. The van der Waals surface area contributed by atoms with Crippen molar-refractivity contribution in [2.24, 2.45) is 0 Å². The topological polar surface area (TPSA) is 127 Å². The van der Waals surface area contributed by atoms with Gasteiger partial charge in [-0.1, -0.05) is 0 Å². The molecule has 16 heavy (non-hydrogen) atoms. The Morgan fingerprint density at radius 2 is 1.88 bits per heavy atom. The Morgan fingerprint density at radius 1 is 1.38 bits per heavy atom. The Hall–Kier alpha value is 0.197. The van der Waals surface area contributed by atoms with Gasteiger partial charge in [-0.3, -0.25) is 0 Å². The van der Waals surface area contributed by atoms with Gasteiger partial charge >= 0.3 is 29.6 Å². The van der Waals surface area contributed by atoms with Crippen LogP contribution in [0.25, 0.3) is 0 Å². The molecule has 7 nitrogen and oxygen atoms in total. The molecule has 0 heterocycles. The molecule has 0 saturated carbocycles. The number of hydrogen-bond donors (Lipinski definition) is 3. The van der Waals surface area contributed by atoms with E-state index < -0.39 is 30.4 Å². The Bertz CT molecular complexity index is 227. The minimum atomic E-state index is -2.27. The first-order valence-electron chi connectivity index (χ1n) is 3.98. The first-order chi connectivity index (χ1) is 6.95. The van der Waals surface area contributed by atoms with Crippen molar-refractivity contribution < 1.29 is 64.0 Å². The summed E-state index contributed by atoms with van der Waals surface area (Å²) in [6.45, 7) is 1.57. The molecular formula is C7H11NaO7Si. The number of carboxylic acid groups (broad SMARTS) is 1. The molecule has 3 N–H and O–H groups in total. The molecule has 0 fully saturated rings. The molecule has 86 valence electrons. The molecule has 0 amide bonds. The van der Waals surface area contributed by atoms with Crippen molar-refractivity contribution in [1.29, 1.82) is 0 Å². The van der Waals surface area contributed by atoms with E-state index in [2.05, 4.69) is 0 Å². The number of aliphatic carboxylic acids is 1. The summed E-state index contributed by atoms with van der Waals surface area (Å²) in [6, 6.07) is 0. The Labute approximate surface area is 117 Å². The summed E-state index contributed by atoms with van der Waals surface area (Å²) >= 11 is 0. The van der Waals surface area contributed by atoms with Gasteiger partial charge in [0.05, 0.1) is 5.97 Å². The molecular weight excluding hydrogens is 247 g/mol. The van der Waals surface area contributed by atoms with Crippen LogP contribution in [0.2, 0.25) is 6.55 Å². The first-order valence-corrected chi connectivity index (χ1v) is 5.39. The Morgan fingerprint density at radius 3 is 2.19 bits per heavy atom. The van der Waals surface area contributed by atoms with Crippen LogP contribution in [0.1, 0.15) is 0 Å². The summed E-state index contributed by atoms with van der Waals surface area (Å²) in [5, 5.41) is 37.4. The smallest absolute Gasteiger partial charge is 0.547 e. The molecule has 0 aliphatic heterocycles. The van der Waals surface area contributed by atoms with Gasteiger partial charge in [0.1, 0.15) is 30.7 Å². The van der Waals surface area contributed by atoms with Crippen molar-refractivity contribution in [3.63, 3.8) is 0 Å². The van der Waals surface area contributed by atoms with Crippen LogP contribution in [0.5, 0.6) is 0 Å². The number of hydrogen-bond acceptors (Lipinski definition) is 7. The van der Waals surface area contributed by atoms with Crippen LogP contribution in [0.3, 0.4) is 0 Å². The van der Waals surface area contributed by atoms with Gasteiger partial charge in [-0.25, -0.2) is 0 Å². The zero-order valence-electron chi connectivity index (χ0n) is 8.86. The maximum Gasteiger partial charge on any atom is 1.00 e. The summed E-state index contributed by atoms with van der Waals surface area (Å²) in [5.41, 5.74) is 0. The van der Waals surface area contributed by atoms with Crippen LogP contribution in [0, 0.1) is 0 Å². The second kappa shape index (κ2) is 9.25. The quantitative estimate of drug-likeness (QED) is 0.306. The zero-order valence-corrected chi connectivity index (χ0v) is 11.9. The molecule has 0 rings (SSSR count). The van der Waals surface area contributed by atoms with Gasteiger partial charge in [0, 0.05) is 0 Å². The largest absolute Gasteiger partial charge is 1.00 e. The summed E-state index contributed by atoms with van der Waals surface area (Å²) in [4.78, 5) is 20.6. The standard InChI is InChI=1S/C7H12O7Si.Na/c1-15-14-3(2-8)4(9)5(10)6(11)7(12)13;/h2-6,9-11H,1H3,(H,12,13);/q;+1/p-1/t3-,4-,5+,6+;/m1./s1. The fraction of sp³-hybridized carbons (Fsp3) is 0.714. The second-order valence-corrected chi connectivity index (χ2v) is 3.31. The van der Waals surface area contributed by atoms with E-state index >= 15 is 0 Å². The molecule has 0 spiro atoms. The average molecular weight is 258 g/mol. The molecule has 0 aromatic carbocycles. The van der Waals surface area contributed by atoms with Crippen LogP contribution >= 0.6 is 0 Å². The van der Waals surface area contributed by atoms with Gasteiger partial charge in [0.2, 0.25) is 9.76 Å². The van der Waals surface area contributed by atoms with Gasteiger partial charge in [0.25, 0.3) is 0 Å². The van der Waals surface area contributed by atoms with E-state index in [0.29, 0.717) is 0 Å². The van der Waals surface area contributed by atoms with Gasteiger partial charge in [0.15, 0.2) is 0 Å². The van der Waals surface area contributed by atoms with E-state index in [-0.39, 0.29) is 45.6 Å². The van der Waals surface area contributed by atoms with E-state index in [1.807, 2.05) is 0 Å². The molecule has 0 aliphatic carbocycles. The fourth-order valence-corrected chi connectivity index (χ4v) is 1.30. The average Bonchev–Trinajstić information content (AvgIpc) is 2.22. The van der Waals surface area contributed by atoms with Crippen molar-refractivity contribution in [3.8, 4) is 0 Å². The van der Waals surface area contributed by atoms with Crippen molar-refractivity contribution in [2.75, 3.05) is 0 Å². The van der Waals surface area contributed by atoms with Crippen molar-refractivity contribution in [3.05, 3.63) is 0 Å². The van der Waals surface area contributed by atoms with Crippen LogP contribution in [0.15, 0.2) is 0 Å². The van der Waals surface area contributed by atoms with E-state index in [4.69, 9.17) is 14.6 Å². The number of carbonyl (C=O) groups excluding carboxylic acids is 2. The van der Waals surface area contributed by atoms with Crippen molar-refractivity contribution in [2.45, 2.75) is 31.0 Å². The summed E-state index contributed by atoms with van der Waals surface area (Å²) in [5.74, 6) is -1.94.